The molecular weight excluding hydrogens is 256 g/mol. The fraction of sp³-hybridized carbons (Fsp3) is 0.467. The predicted molar refractivity (Wildman–Crippen MR) is 80.8 cm³/mol. The lowest BCUT2D eigenvalue weighted by Gasteiger charge is -2.21. The van der Waals surface area contributed by atoms with Gasteiger partial charge in [-0.1, -0.05) is 43.3 Å². The molecule has 0 heterocycles. The average molecular weight is 276 g/mol. The van der Waals surface area contributed by atoms with Gasteiger partial charge in [0.1, 0.15) is 4.99 Å². The van der Waals surface area contributed by atoms with Crippen LogP contribution in [0.15, 0.2) is 24.3 Å². The first-order chi connectivity index (χ1) is 9.08. The van der Waals surface area contributed by atoms with Gasteiger partial charge >= 0.3 is 0 Å². The van der Waals surface area contributed by atoms with Crippen LogP contribution in [0.25, 0.3) is 0 Å². The zero-order valence-corrected chi connectivity index (χ0v) is 12.1. The molecule has 0 bridgehead atoms. The summed E-state index contributed by atoms with van der Waals surface area (Å²) < 4.78 is 0. The molecule has 2 N–H and O–H groups in total. The van der Waals surface area contributed by atoms with Gasteiger partial charge in [-0.2, -0.15) is 0 Å². The van der Waals surface area contributed by atoms with Crippen LogP contribution >= 0.6 is 12.2 Å². The van der Waals surface area contributed by atoms with Crippen molar-refractivity contribution < 1.29 is 4.79 Å². The second-order valence-electron chi connectivity index (χ2n) is 5.24. The Morgan fingerprint density at radius 1 is 1.42 bits per heavy atom. The van der Waals surface area contributed by atoms with E-state index in [-0.39, 0.29) is 11.8 Å². The summed E-state index contributed by atoms with van der Waals surface area (Å²) in [5.41, 5.74) is 7.55. The van der Waals surface area contributed by atoms with E-state index in [4.69, 9.17) is 18.0 Å². The third-order valence-corrected chi connectivity index (χ3v) is 3.95. The minimum absolute atomic E-state index is 0.226. The Hall–Kier alpha value is -1.42. The predicted octanol–water partition coefficient (Wildman–Crippen LogP) is 2.47. The van der Waals surface area contributed by atoms with Crippen LogP contribution < -0.4 is 5.73 Å². The van der Waals surface area contributed by atoms with E-state index in [2.05, 4.69) is 0 Å². The van der Waals surface area contributed by atoms with E-state index in [0.29, 0.717) is 11.5 Å². The number of carbonyl (C=O) groups is 1. The number of hydrogen-bond acceptors (Lipinski definition) is 2. The molecule has 19 heavy (non-hydrogen) atoms. The number of benzene rings is 1. The Labute approximate surface area is 119 Å². The van der Waals surface area contributed by atoms with Gasteiger partial charge in [0.25, 0.3) is 0 Å². The molecule has 102 valence electrons. The van der Waals surface area contributed by atoms with E-state index in [1.807, 2.05) is 36.2 Å². The third kappa shape index (κ3) is 3.53. The summed E-state index contributed by atoms with van der Waals surface area (Å²) in [6, 6.07) is 7.78. The normalized spacial score (nSPS) is 15.4. The average Bonchev–Trinajstić information content (AvgIpc) is 2.92. The minimum atomic E-state index is 0.226. The highest BCUT2D eigenvalue weighted by atomic mass is 32.1. The highest BCUT2D eigenvalue weighted by Gasteiger charge is 2.25. The van der Waals surface area contributed by atoms with E-state index in [9.17, 15) is 4.79 Å². The van der Waals surface area contributed by atoms with Crippen LogP contribution in [0.4, 0.5) is 0 Å². The first kappa shape index (κ1) is 14.0. The fourth-order valence-electron chi connectivity index (χ4n) is 2.66. The summed E-state index contributed by atoms with van der Waals surface area (Å²) in [7, 11) is 1.87. The molecule has 2 rings (SSSR count). The highest BCUT2D eigenvalue weighted by Crippen LogP contribution is 2.26. The molecule has 1 aliphatic carbocycles. The molecule has 4 heteroatoms. The first-order valence-electron chi connectivity index (χ1n) is 6.71. The summed E-state index contributed by atoms with van der Waals surface area (Å²) in [5.74, 6) is 0.488. The molecule has 0 spiro atoms. The number of rotatable bonds is 4. The van der Waals surface area contributed by atoms with Crippen molar-refractivity contribution in [2.45, 2.75) is 32.2 Å². The van der Waals surface area contributed by atoms with Gasteiger partial charge in [0.05, 0.1) is 0 Å². The van der Waals surface area contributed by atoms with Crippen LogP contribution in [0.5, 0.6) is 0 Å². The molecule has 0 aromatic heterocycles. The van der Waals surface area contributed by atoms with Crippen LogP contribution in [0.1, 0.15) is 36.8 Å². The Bertz CT molecular complexity index is 481. The fourth-order valence-corrected chi connectivity index (χ4v) is 2.79. The van der Waals surface area contributed by atoms with E-state index in [0.717, 1.165) is 24.0 Å². The summed E-state index contributed by atoms with van der Waals surface area (Å²) >= 11 is 4.97. The van der Waals surface area contributed by atoms with Crippen LogP contribution in [0.3, 0.4) is 0 Å². The van der Waals surface area contributed by atoms with Crippen molar-refractivity contribution in [1.82, 2.24) is 4.90 Å². The maximum atomic E-state index is 12.2. The summed E-state index contributed by atoms with van der Waals surface area (Å²) in [6.45, 7) is 0.617. The number of thiocarbonyl (C=S) groups is 1. The SMILES string of the molecule is CN(Cc1cccc(C(N)=S)c1)C(=O)C1CCCC1. The molecule has 1 amide bonds. The summed E-state index contributed by atoms with van der Waals surface area (Å²) in [5, 5.41) is 0. The molecule has 1 aromatic carbocycles. The smallest absolute Gasteiger partial charge is 0.225 e. The maximum absolute atomic E-state index is 12.2. The largest absolute Gasteiger partial charge is 0.389 e. The van der Waals surface area contributed by atoms with Gasteiger partial charge < -0.3 is 10.6 Å². The molecular formula is C15H20N2OS. The molecule has 0 aliphatic heterocycles. The van der Waals surface area contributed by atoms with Crippen molar-refractivity contribution >= 4 is 23.1 Å². The number of nitrogens with two attached hydrogens (primary N) is 1. The first-order valence-corrected chi connectivity index (χ1v) is 7.12. The quantitative estimate of drug-likeness (QED) is 0.859. The second kappa shape index (κ2) is 6.15. The van der Waals surface area contributed by atoms with Crippen LogP contribution in [0.2, 0.25) is 0 Å². The Morgan fingerprint density at radius 2 is 2.11 bits per heavy atom. The van der Waals surface area contributed by atoms with Crippen molar-refractivity contribution in [1.29, 1.82) is 0 Å². The molecule has 1 fully saturated rings. The van der Waals surface area contributed by atoms with E-state index >= 15 is 0 Å². The zero-order chi connectivity index (χ0) is 13.8. The number of carbonyl (C=O) groups excluding carboxylic acids is 1. The topological polar surface area (TPSA) is 46.3 Å². The molecule has 3 nitrogen and oxygen atoms in total. The molecule has 0 radical (unpaired) electrons. The zero-order valence-electron chi connectivity index (χ0n) is 11.3. The van der Waals surface area contributed by atoms with Gasteiger partial charge in [0.15, 0.2) is 0 Å². The number of amides is 1. The van der Waals surface area contributed by atoms with Crippen molar-refractivity contribution in [3.8, 4) is 0 Å². The van der Waals surface area contributed by atoms with Gasteiger partial charge in [-0.05, 0) is 24.5 Å². The second-order valence-corrected chi connectivity index (χ2v) is 5.68. The highest BCUT2D eigenvalue weighted by molar-refractivity contribution is 7.80. The third-order valence-electron chi connectivity index (χ3n) is 3.71. The maximum Gasteiger partial charge on any atom is 0.225 e. The van der Waals surface area contributed by atoms with Crippen molar-refractivity contribution in [3.63, 3.8) is 0 Å². The standard InChI is InChI=1S/C15H20N2OS/c1-17(15(18)12-6-2-3-7-12)10-11-5-4-8-13(9-11)14(16)19/h4-5,8-9,12H,2-3,6-7,10H2,1H3,(H2,16,19). The minimum Gasteiger partial charge on any atom is -0.389 e. The summed E-state index contributed by atoms with van der Waals surface area (Å²) in [4.78, 5) is 14.5. The molecule has 1 aromatic rings. The summed E-state index contributed by atoms with van der Waals surface area (Å²) in [6.07, 6.45) is 4.44. The Morgan fingerprint density at radius 3 is 2.74 bits per heavy atom. The molecule has 0 unspecified atom stereocenters. The number of nitrogens with zero attached hydrogens (tertiary/aromatic N) is 1. The monoisotopic (exact) mass is 276 g/mol. The van der Waals surface area contributed by atoms with Gasteiger partial charge in [-0.25, -0.2) is 0 Å². The van der Waals surface area contributed by atoms with Crippen molar-refractivity contribution in [2.24, 2.45) is 11.7 Å². The van der Waals surface area contributed by atoms with Crippen LogP contribution in [-0.4, -0.2) is 22.8 Å². The Balaban J connectivity index is 2.01. The molecule has 0 saturated heterocycles. The number of hydrogen-bond donors (Lipinski definition) is 1. The van der Waals surface area contributed by atoms with Gasteiger partial charge in [0.2, 0.25) is 5.91 Å². The van der Waals surface area contributed by atoms with Crippen LogP contribution in [0, 0.1) is 5.92 Å². The lowest BCUT2D eigenvalue weighted by atomic mass is 10.1. The van der Waals surface area contributed by atoms with Crippen molar-refractivity contribution in [2.75, 3.05) is 7.05 Å². The lowest BCUT2D eigenvalue weighted by molar-refractivity contribution is -0.134. The van der Waals surface area contributed by atoms with Crippen molar-refractivity contribution in [3.05, 3.63) is 35.4 Å². The lowest BCUT2D eigenvalue weighted by Crippen LogP contribution is -2.31. The van der Waals surface area contributed by atoms with E-state index in [1.54, 1.807) is 0 Å². The van der Waals surface area contributed by atoms with E-state index < -0.39 is 0 Å². The molecule has 1 aliphatic rings. The van der Waals surface area contributed by atoms with Gasteiger partial charge in [0, 0.05) is 25.1 Å². The van der Waals surface area contributed by atoms with Gasteiger partial charge in [-0.3, -0.25) is 4.79 Å². The Kier molecular flexibility index (Phi) is 4.53. The van der Waals surface area contributed by atoms with Crippen LogP contribution in [-0.2, 0) is 11.3 Å². The van der Waals surface area contributed by atoms with E-state index in [1.165, 1.54) is 12.8 Å². The van der Waals surface area contributed by atoms with Gasteiger partial charge in [-0.15, -0.1) is 0 Å². The molecule has 1 saturated carbocycles. The molecule has 0 atom stereocenters.